The van der Waals surface area contributed by atoms with Gasteiger partial charge in [0.2, 0.25) is 0 Å². The lowest BCUT2D eigenvalue weighted by Crippen LogP contribution is -2.25. The second-order valence-corrected chi connectivity index (χ2v) is 5.92. The second kappa shape index (κ2) is 7.64. The van der Waals surface area contributed by atoms with Gasteiger partial charge < -0.3 is 10.1 Å². The van der Waals surface area contributed by atoms with Gasteiger partial charge in [-0.1, -0.05) is 12.1 Å². The Balaban J connectivity index is 1.62. The quantitative estimate of drug-likeness (QED) is 0.445. The summed E-state index contributed by atoms with van der Waals surface area (Å²) in [5.74, 6) is 1.24. The summed E-state index contributed by atoms with van der Waals surface area (Å²) in [5, 5.41) is 20.8. The molecular weight excluding hydrogens is 328 g/mol. The Bertz CT molecular complexity index is 802. The van der Waals surface area contributed by atoms with Crippen LogP contribution in [0.15, 0.2) is 41.7 Å². The molecule has 0 radical (unpaired) electrons. The van der Waals surface area contributed by atoms with E-state index >= 15 is 0 Å². The minimum atomic E-state index is -0.178. The molecule has 24 heavy (non-hydrogen) atoms. The third-order valence-corrected chi connectivity index (χ3v) is 4.17. The van der Waals surface area contributed by atoms with Crippen LogP contribution in [0.2, 0.25) is 0 Å². The Hall–Kier alpha value is -2.81. The molecule has 9 heteroatoms. The number of methoxy groups -OCH3 is 1. The number of carbonyl (C=O) groups is 1. The molecule has 8 nitrogen and oxygen atoms in total. The van der Waals surface area contributed by atoms with Gasteiger partial charge in [0.15, 0.2) is 0 Å². The Morgan fingerprint density at radius 3 is 3.04 bits per heavy atom. The van der Waals surface area contributed by atoms with Crippen molar-refractivity contribution >= 4 is 17.7 Å². The largest absolute Gasteiger partial charge is 0.497 e. The number of carbonyl (C=O) groups excluding carboxylic acids is 1. The van der Waals surface area contributed by atoms with Crippen LogP contribution in [-0.4, -0.2) is 50.9 Å². The van der Waals surface area contributed by atoms with Crippen LogP contribution in [0.25, 0.3) is 11.3 Å². The summed E-state index contributed by atoms with van der Waals surface area (Å²) in [6.45, 7) is 0.513. The van der Waals surface area contributed by atoms with Gasteiger partial charge in [-0.25, -0.2) is 0 Å². The zero-order chi connectivity index (χ0) is 16.8. The minimum Gasteiger partial charge on any atom is -0.497 e. The van der Waals surface area contributed by atoms with Crippen molar-refractivity contribution in [2.24, 2.45) is 0 Å². The zero-order valence-electron chi connectivity index (χ0n) is 12.9. The predicted molar refractivity (Wildman–Crippen MR) is 90.0 cm³/mol. The van der Waals surface area contributed by atoms with Crippen LogP contribution in [0.4, 0.5) is 0 Å². The van der Waals surface area contributed by atoms with Crippen molar-refractivity contribution in [3.8, 4) is 17.0 Å². The van der Waals surface area contributed by atoms with E-state index in [9.17, 15) is 4.79 Å². The topological polar surface area (TPSA) is 109 Å². The summed E-state index contributed by atoms with van der Waals surface area (Å²) >= 11 is 1.51. The molecule has 0 fully saturated rings. The standard InChI is InChI=1S/C15H16N6O2S/c1-23-11-4-2-3-10(7-11)14-12(8-17-20-14)15(22)16-5-6-24-13-9-18-21-19-13/h2-4,7-9H,5-6H2,1H3,(H,16,22)(H,17,20)(H,18,19,21). The first-order chi connectivity index (χ1) is 11.8. The molecule has 3 N–H and O–H groups in total. The van der Waals surface area contributed by atoms with E-state index in [1.807, 2.05) is 24.3 Å². The fraction of sp³-hybridized carbons (Fsp3) is 0.200. The fourth-order valence-corrected chi connectivity index (χ4v) is 2.78. The monoisotopic (exact) mass is 344 g/mol. The lowest BCUT2D eigenvalue weighted by molar-refractivity contribution is 0.0957. The highest BCUT2D eigenvalue weighted by molar-refractivity contribution is 7.99. The van der Waals surface area contributed by atoms with E-state index in [2.05, 4.69) is 30.9 Å². The van der Waals surface area contributed by atoms with Gasteiger partial charge in [-0.15, -0.1) is 16.9 Å². The maximum atomic E-state index is 12.4. The number of hydrogen-bond donors (Lipinski definition) is 3. The highest BCUT2D eigenvalue weighted by atomic mass is 32.2. The average Bonchev–Trinajstić information content (AvgIpc) is 3.30. The number of nitrogens with zero attached hydrogens (tertiary/aromatic N) is 3. The zero-order valence-corrected chi connectivity index (χ0v) is 13.8. The normalized spacial score (nSPS) is 10.5. The average molecular weight is 344 g/mol. The van der Waals surface area contributed by atoms with Crippen molar-refractivity contribution in [1.82, 2.24) is 30.9 Å². The van der Waals surface area contributed by atoms with Crippen molar-refractivity contribution in [2.45, 2.75) is 5.03 Å². The molecule has 3 aromatic rings. The number of ether oxygens (including phenoxy) is 1. The van der Waals surface area contributed by atoms with E-state index in [1.54, 1.807) is 13.3 Å². The maximum Gasteiger partial charge on any atom is 0.255 e. The first-order valence-electron chi connectivity index (χ1n) is 7.22. The highest BCUT2D eigenvalue weighted by Gasteiger charge is 2.15. The Kier molecular flexibility index (Phi) is 5.12. The van der Waals surface area contributed by atoms with Crippen molar-refractivity contribution < 1.29 is 9.53 Å². The summed E-state index contributed by atoms with van der Waals surface area (Å²) in [5.41, 5.74) is 2.00. The van der Waals surface area contributed by atoms with Crippen molar-refractivity contribution in [1.29, 1.82) is 0 Å². The van der Waals surface area contributed by atoms with E-state index in [1.165, 1.54) is 18.0 Å². The van der Waals surface area contributed by atoms with Crippen molar-refractivity contribution in [2.75, 3.05) is 19.4 Å². The first-order valence-corrected chi connectivity index (χ1v) is 8.21. The minimum absolute atomic E-state index is 0.178. The number of hydrogen-bond acceptors (Lipinski definition) is 6. The molecule has 124 valence electrons. The summed E-state index contributed by atoms with van der Waals surface area (Å²) in [7, 11) is 1.60. The third-order valence-electron chi connectivity index (χ3n) is 3.27. The molecule has 0 atom stereocenters. The molecular formula is C15H16N6O2S. The second-order valence-electron chi connectivity index (χ2n) is 4.80. The summed E-state index contributed by atoms with van der Waals surface area (Å²) in [4.78, 5) is 12.4. The van der Waals surface area contributed by atoms with Gasteiger partial charge in [0.25, 0.3) is 5.91 Å². The number of aromatic amines is 2. The van der Waals surface area contributed by atoms with Gasteiger partial charge in [0.1, 0.15) is 10.8 Å². The van der Waals surface area contributed by atoms with E-state index < -0.39 is 0 Å². The third kappa shape index (κ3) is 3.74. The molecule has 3 rings (SSSR count). The lowest BCUT2D eigenvalue weighted by Gasteiger charge is -2.06. The molecule has 0 bridgehead atoms. The number of aromatic nitrogens is 5. The van der Waals surface area contributed by atoms with Crippen LogP contribution >= 0.6 is 11.8 Å². The SMILES string of the molecule is COc1cccc(-c2[nH]ncc2C(=O)NCCSc2cn[nH]n2)c1. The molecule has 1 amide bonds. The van der Waals surface area contributed by atoms with Crippen LogP contribution in [0.5, 0.6) is 5.75 Å². The molecule has 0 aliphatic carbocycles. The van der Waals surface area contributed by atoms with Crippen molar-refractivity contribution in [3.63, 3.8) is 0 Å². The number of nitrogens with one attached hydrogen (secondary N) is 3. The molecule has 0 saturated heterocycles. The van der Waals surface area contributed by atoms with Crippen LogP contribution in [0.3, 0.4) is 0 Å². The summed E-state index contributed by atoms with van der Waals surface area (Å²) in [6, 6.07) is 7.46. The van der Waals surface area contributed by atoms with Crippen molar-refractivity contribution in [3.05, 3.63) is 42.2 Å². The van der Waals surface area contributed by atoms with E-state index in [0.29, 0.717) is 23.6 Å². The van der Waals surface area contributed by atoms with Gasteiger partial charge in [0.05, 0.1) is 30.8 Å². The molecule has 2 heterocycles. The van der Waals surface area contributed by atoms with Gasteiger partial charge in [-0.3, -0.25) is 9.89 Å². The maximum absolute atomic E-state index is 12.4. The summed E-state index contributed by atoms with van der Waals surface area (Å²) < 4.78 is 5.22. The van der Waals surface area contributed by atoms with Crippen LogP contribution < -0.4 is 10.1 Å². The number of thioether (sulfide) groups is 1. The lowest BCUT2D eigenvalue weighted by atomic mass is 10.1. The van der Waals surface area contributed by atoms with Gasteiger partial charge in [-0.05, 0) is 12.1 Å². The highest BCUT2D eigenvalue weighted by Crippen LogP contribution is 2.24. The number of rotatable bonds is 7. The molecule has 1 aromatic carbocycles. The van der Waals surface area contributed by atoms with E-state index in [0.717, 1.165) is 16.3 Å². The predicted octanol–water partition coefficient (Wildman–Crippen LogP) is 1.73. The molecule has 0 unspecified atom stereocenters. The van der Waals surface area contributed by atoms with E-state index in [-0.39, 0.29) is 5.91 Å². The Labute approximate surface area is 142 Å². The molecule has 0 aliphatic rings. The smallest absolute Gasteiger partial charge is 0.255 e. The molecule has 0 saturated carbocycles. The van der Waals surface area contributed by atoms with Crippen LogP contribution in [0, 0.1) is 0 Å². The Morgan fingerprint density at radius 1 is 1.33 bits per heavy atom. The molecule has 0 aliphatic heterocycles. The van der Waals surface area contributed by atoms with Crippen LogP contribution in [0.1, 0.15) is 10.4 Å². The summed E-state index contributed by atoms with van der Waals surface area (Å²) in [6.07, 6.45) is 3.17. The van der Waals surface area contributed by atoms with Gasteiger partial charge in [-0.2, -0.15) is 15.4 Å². The van der Waals surface area contributed by atoms with E-state index in [4.69, 9.17) is 4.74 Å². The fourth-order valence-electron chi connectivity index (χ4n) is 2.13. The van der Waals surface area contributed by atoms with Gasteiger partial charge in [0, 0.05) is 17.9 Å². The van der Waals surface area contributed by atoms with Gasteiger partial charge >= 0.3 is 0 Å². The molecule has 0 spiro atoms. The molecule has 2 aromatic heterocycles. The Morgan fingerprint density at radius 2 is 2.25 bits per heavy atom. The number of benzene rings is 1. The number of amides is 1. The number of H-pyrrole nitrogens is 2. The van der Waals surface area contributed by atoms with Crippen LogP contribution in [-0.2, 0) is 0 Å². The first kappa shape index (κ1) is 16.1.